The normalized spacial score (nSPS) is 36.8. The lowest BCUT2D eigenvalue weighted by Gasteiger charge is -2.46. The molecule has 0 amide bonds. The van der Waals surface area contributed by atoms with E-state index in [-0.39, 0.29) is 12.2 Å². The van der Waals surface area contributed by atoms with Gasteiger partial charge >= 0.3 is 0 Å². The number of likely N-dealkylation sites (tertiary alicyclic amines) is 1. The van der Waals surface area contributed by atoms with Crippen LogP contribution in [0.5, 0.6) is 0 Å². The van der Waals surface area contributed by atoms with Crippen molar-refractivity contribution >= 4 is 0 Å². The zero-order chi connectivity index (χ0) is 11.4. The van der Waals surface area contributed by atoms with Crippen molar-refractivity contribution in [2.24, 2.45) is 0 Å². The van der Waals surface area contributed by atoms with Crippen molar-refractivity contribution in [3.8, 4) is 0 Å². The minimum absolute atomic E-state index is 0.00759. The van der Waals surface area contributed by atoms with Crippen LogP contribution in [-0.4, -0.2) is 61.7 Å². The second-order valence-corrected chi connectivity index (χ2v) is 4.99. The Morgan fingerprint density at radius 3 is 3.19 bits per heavy atom. The van der Waals surface area contributed by atoms with Gasteiger partial charge in [0.2, 0.25) is 0 Å². The molecule has 0 aromatic rings. The fourth-order valence-electron chi connectivity index (χ4n) is 2.99. The van der Waals surface area contributed by atoms with Gasteiger partial charge in [0.05, 0.1) is 18.3 Å². The van der Waals surface area contributed by atoms with Gasteiger partial charge < -0.3 is 14.6 Å². The highest BCUT2D eigenvalue weighted by Gasteiger charge is 2.40. The number of piperidine rings is 1. The number of nitrogens with zero attached hydrogens (tertiary/aromatic N) is 1. The fraction of sp³-hybridized carbons (Fsp3) is 1.00. The summed E-state index contributed by atoms with van der Waals surface area (Å²) >= 11 is 0. The van der Waals surface area contributed by atoms with E-state index in [1.165, 1.54) is 0 Å². The molecule has 0 aromatic heterocycles. The van der Waals surface area contributed by atoms with E-state index < -0.39 is 0 Å². The Morgan fingerprint density at radius 1 is 1.56 bits per heavy atom. The maximum Gasteiger partial charge on any atom is 0.0833 e. The second-order valence-electron chi connectivity index (χ2n) is 4.99. The molecule has 2 rings (SSSR count). The lowest BCUT2D eigenvalue weighted by molar-refractivity contribution is -0.153. The molecule has 2 heterocycles. The maximum atomic E-state index is 9.00. The van der Waals surface area contributed by atoms with Crippen LogP contribution in [0.3, 0.4) is 0 Å². The average molecular weight is 229 g/mol. The van der Waals surface area contributed by atoms with Crippen LogP contribution in [0, 0.1) is 0 Å². The van der Waals surface area contributed by atoms with E-state index in [4.69, 9.17) is 14.6 Å². The summed E-state index contributed by atoms with van der Waals surface area (Å²) in [5, 5.41) is 9.00. The molecule has 4 nitrogen and oxygen atoms in total. The molecular formula is C12H23NO3. The lowest BCUT2D eigenvalue weighted by Crippen LogP contribution is -2.54. The van der Waals surface area contributed by atoms with Gasteiger partial charge in [-0.1, -0.05) is 0 Å². The Labute approximate surface area is 97.5 Å². The Morgan fingerprint density at radius 2 is 2.44 bits per heavy atom. The highest BCUT2D eigenvalue weighted by Crippen LogP contribution is 2.34. The van der Waals surface area contributed by atoms with E-state index in [0.717, 1.165) is 51.9 Å². The Kier molecular flexibility index (Phi) is 4.19. The number of hydrogen-bond donors (Lipinski definition) is 1. The molecule has 0 aromatic carbocycles. The first-order valence-corrected chi connectivity index (χ1v) is 6.28. The predicted molar refractivity (Wildman–Crippen MR) is 61.5 cm³/mol. The Bertz CT molecular complexity index is 218. The molecule has 0 saturated carbocycles. The minimum atomic E-state index is -0.00759. The first kappa shape index (κ1) is 12.3. The van der Waals surface area contributed by atoms with Crippen LogP contribution in [-0.2, 0) is 9.47 Å². The van der Waals surface area contributed by atoms with Crippen molar-refractivity contribution in [3.63, 3.8) is 0 Å². The molecule has 1 N–H and O–H groups in total. The van der Waals surface area contributed by atoms with Crippen molar-refractivity contribution in [2.45, 2.75) is 37.4 Å². The molecule has 2 unspecified atom stereocenters. The zero-order valence-corrected chi connectivity index (χ0v) is 10.2. The quantitative estimate of drug-likeness (QED) is 0.771. The predicted octanol–water partition coefficient (Wildman–Crippen LogP) is 0.639. The summed E-state index contributed by atoms with van der Waals surface area (Å²) in [4.78, 5) is 2.31. The third kappa shape index (κ3) is 2.74. The fourth-order valence-corrected chi connectivity index (χ4v) is 2.99. The van der Waals surface area contributed by atoms with E-state index >= 15 is 0 Å². The molecular weight excluding hydrogens is 206 g/mol. The van der Waals surface area contributed by atoms with Crippen LogP contribution in [0.25, 0.3) is 0 Å². The minimum Gasteiger partial charge on any atom is -0.395 e. The summed E-state index contributed by atoms with van der Waals surface area (Å²) in [6.45, 7) is 3.86. The lowest BCUT2D eigenvalue weighted by atomic mass is 9.84. The zero-order valence-electron chi connectivity index (χ0n) is 10.2. The smallest absolute Gasteiger partial charge is 0.0833 e. The molecule has 1 spiro atoms. The number of aliphatic hydroxyl groups is 1. The van der Waals surface area contributed by atoms with E-state index in [1.54, 1.807) is 7.11 Å². The number of aliphatic hydroxyl groups excluding tert-OH is 1. The summed E-state index contributed by atoms with van der Waals surface area (Å²) < 4.78 is 11.5. The molecule has 0 aliphatic carbocycles. The molecule has 0 bridgehead atoms. The van der Waals surface area contributed by atoms with Crippen molar-refractivity contribution in [1.82, 2.24) is 4.90 Å². The van der Waals surface area contributed by atoms with Gasteiger partial charge in [0, 0.05) is 33.2 Å². The standard InChI is InChI=1S/C12H23NO3/c1-15-11-3-8-16-12(9-11)4-2-5-13(10-12)6-7-14/h11,14H,2-10H2,1H3. The van der Waals surface area contributed by atoms with E-state index in [1.807, 2.05) is 0 Å². The van der Waals surface area contributed by atoms with Crippen LogP contribution in [0.4, 0.5) is 0 Å². The van der Waals surface area contributed by atoms with Gasteiger partial charge in [-0.2, -0.15) is 0 Å². The van der Waals surface area contributed by atoms with E-state index in [0.29, 0.717) is 6.10 Å². The first-order valence-electron chi connectivity index (χ1n) is 6.28. The molecule has 16 heavy (non-hydrogen) atoms. The summed E-state index contributed by atoms with van der Waals surface area (Å²) in [6.07, 6.45) is 4.66. The summed E-state index contributed by atoms with van der Waals surface area (Å²) in [6, 6.07) is 0. The average Bonchev–Trinajstić information content (AvgIpc) is 2.29. The number of β-amino-alcohol motifs (C(OH)–C–C–N with tert-alkyl or cyclic N) is 1. The number of rotatable bonds is 3. The van der Waals surface area contributed by atoms with E-state index in [2.05, 4.69) is 4.90 Å². The third-order valence-corrected chi connectivity index (χ3v) is 3.82. The number of hydrogen-bond acceptors (Lipinski definition) is 4. The van der Waals surface area contributed by atoms with Crippen LogP contribution in [0.2, 0.25) is 0 Å². The monoisotopic (exact) mass is 229 g/mol. The molecule has 2 saturated heterocycles. The Hall–Kier alpha value is -0.160. The van der Waals surface area contributed by atoms with Gasteiger partial charge in [-0.05, 0) is 25.8 Å². The van der Waals surface area contributed by atoms with Crippen LogP contribution in [0.1, 0.15) is 25.7 Å². The van der Waals surface area contributed by atoms with Crippen molar-refractivity contribution in [2.75, 3.05) is 40.0 Å². The molecule has 0 radical (unpaired) electrons. The van der Waals surface area contributed by atoms with Gasteiger partial charge in [0.25, 0.3) is 0 Å². The molecule has 2 atom stereocenters. The topological polar surface area (TPSA) is 41.9 Å². The summed E-state index contributed by atoms with van der Waals surface area (Å²) in [5.74, 6) is 0. The maximum absolute atomic E-state index is 9.00. The summed E-state index contributed by atoms with van der Waals surface area (Å²) in [7, 11) is 1.79. The van der Waals surface area contributed by atoms with Crippen LogP contribution >= 0.6 is 0 Å². The molecule has 2 aliphatic rings. The number of ether oxygens (including phenoxy) is 2. The van der Waals surface area contributed by atoms with Crippen molar-refractivity contribution in [3.05, 3.63) is 0 Å². The van der Waals surface area contributed by atoms with E-state index in [9.17, 15) is 0 Å². The second kappa shape index (κ2) is 5.45. The molecule has 2 aliphatic heterocycles. The first-order chi connectivity index (χ1) is 7.78. The van der Waals surface area contributed by atoms with Crippen LogP contribution < -0.4 is 0 Å². The highest BCUT2D eigenvalue weighted by molar-refractivity contribution is 4.93. The van der Waals surface area contributed by atoms with Gasteiger partial charge in [-0.25, -0.2) is 0 Å². The third-order valence-electron chi connectivity index (χ3n) is 3.82. The molecule has 2 fully saturated rings. The largest absolute Gasteiger partial charge is 0.395 e. The van der Waals surface area contributed by atoms with Gasteiger partial charge in [0.1, 0.15) is 0 Å². The van der Waals surface area contributed by atoms with Gasteiger partial charge in [0.15, 0.2) is 0 Å². The van der Waals surface area contributed by atoms with Gasteiger partial charge in [-0.3, -0.25) is 4.90 Å². The van der Waals surface area contributed by atoms with Gasteiger partial charge in [-0.15, -0.1) is 0 Å². The van der Waals surface area contributed by atoms with Crippen molar-refractivity contribution < 1.29 is 14.6 Å². The SMILES string of the molecule is COC1CCOC2(CCCN(CCO)C2)C1. The van der Waals surface area contributed by atoms with Crippen LogP contribution in [0.15, 0.2) is 0 Å². The molecule has 4 heteroatoms. The summed E-state index contributed by atoms with van der Waals surface area (Å²) in [5.41, 5.74) is -0.00759. The highest BCUT2D eigenvalue weighted by atomic mass is 16.5. The molecule has 94 valence electrons. The number of methoxy groups -OCH3 is 1. The Balaban J connectivity index is 1.94. The van der Waals surface area contributed by atoms with Crippen molar-refractivity contribution in [1.29, 1.82) is 0 Å².